The molecule has 7 nitrogen and oxygen atoms in total. The van der Waals surface area contributed by atoms with Gasteiger partial charge in [-0.3, -0.25) is 10.1 Å². The lowest BCUT2D eigenvalue weighted by Gasteiger charge is -2.30. The van der Waals surface area contributed by atoms with E-state index in [9.17, 15) is 28.1 Å². The Morgan fingerprint density at radius 1 is 1.30 bits per heavy atom. The molecule has 1 amide bonds. The Morgan fingerprint density at radius 2 is 1.91 bits per heavy atom. The number of benzene rings is 1. The molecule has 0 spiro atoms. The van der Waals surface area contributed by atoms with Crippen molar-refractivity contribution in [1.82, 2.24) is 4.90 Å². The number of hydrogen-bond donors (Lipinski definition) is 1. The van der Waals surface area contributed by atoms with Crippen LogP contribution in [0.15, 0.2) is 18.2 Å². The SMILES string of the molecule is O=C(O)N1CCC(Oc2cc([N+](=O)[O-])cc(C(F)(F)F)c2)CC1. The molecule has 0 saturated carbocycles. The predicted molar refractivity (Wildman–Crippen MR) is 71.3 cm³/mol. The number of nitrogens with zero attached hydrogens (tertiary/aromatic N) is 2. The van der Waals surface area contributed by atoms with E-state index in [1.54, 1.807) is 0 Å². The van der Waals surface area contributed by atoms with Crippen molar-refractivity contribution in [3.63, 3.8) is 0 Å². The lowest BCUT2D eigenvalue weighted by molar-refractivity contribution is -0.385. The van der Waals surface area contributed by atoms with Gasteiger partial charge in [-0.25, -0.2) is 4.79 Å². The van der Waals surface area contributed by atoms with E-state index >= 15 is 0 Å². The second-order valence-electron chi connectivity index (χ2n) is 5.06. The average Bonchev–Trinajstić information content (AvgIpc) is 2.46. The van der Waals surface area contributed by atoms with E-state index in [4.69, 9.17) is 9.84 Å². The van der Waals surface area contributed by atoms with Crippen LogP contribution in [0.5, 0.6) is 5.75 Å². The van der Waals surface area contributed by atoms with Crippen LogP contribution in [0, 0.1) is 10.1 Å². The van der Waals surface area contributed by atoms with Gasteiger partial charge < -0.3 is 14.7 Å². The van der Waals surface area contributed by atoms with Gasteiger partial charge in [0.05, 0.1) is 16.6 Å². The maximum absolute atomic E-state index is 12.8. The Morgan fingerprint density at radius 3 is 2.39 bits per heavy atom. The number of carboxylic acid groups (broad SMARTS) is 1. The summed E-state index contributed by atoms with van der Waals surface area (Å²) in [5.41, 5.74) is -1.87. The molecule has 0 unspecified atom stereocenters. The highest BCUT2D eigenvalue weighted by atomic mass is 19.4. The van der Waals surface area contributed by atoms with Crippen LogP contribution < -0.4 is 4.74 Å². The van der Waals surface area contributed by atoms with Gasteiger partial charge in [-0.15, -0.1) is 0 Å². The van der Waals surface area contributed by atoms with E-state index < -0.39 is 34.5 Å². The summed E-state index contributed by atoms with van der Waals surface area (Å²) in [4.78, 5) is 21.8. The van der Waals surface area contributed by atoms with E-state index in [1.807, 2.05) is 0 Å². The van der Waals surface area contributed by atoms with E-state index in [0.29, 0.717) is 25.0 Å². The number of alkyl halides is 3. The van der Waals surface area contributed by atoms with E-state index in [2.05, 4.69) is 0 Å². The number of amides is 1. The number of ether oxygens (including phenoxy) is 1. The second-order valence-corrected chi connectivity index (χ2v) is 5.06. The van der Waals surface area contributed by atoms with Gasteiger partial charge in [0.1, 0.15) is 11.9 Å². The number of nitro benzene ring substituents is 1. The number of nitro groups is 1. The van der Waals surface area contributed by atoms with Crippen molar-refractivity contribution >= 4 is 11.8 Å². The minimum Gasteiger partial charge on any atom is -0.490 e. The lowest BCUT2D eigenvalue weighted by atomic mass is 10.1. The molecule has 10 heteroatoms. The summed E-state index contributed by atoms with van der Waals surface area (Å²) in [6.07, 6.45) is -5.68. The first kappa shape index (κ1) is 16.8. The van der Waals surface area contributed by atoms with Gasteiger partial charge in [0.25, 0.3) is 5.69 Å². The highest BCUT2D eigenvalue weighted by molar-refractivity contribution is 5.65. The molecule has 1 aromatic carbocycles. The fraction of sp³-hybridized carbons (Fsp3) is 0.462. The molecule has 1 fully saturated rings. The van der Waals surface area contributed by atoms with E-state index in [-0.39, 0.29) is 18.8 Å². The highest BCUT2D eigenvalue weighted by Crippen LogP contribution is 2.35. The van der Waals surface area contributed by atoms with Crippen molar-refractivity contribution in [2.45, 2.75) is 25.1 Å². The van der Waals surface area contributed by atoms with Gasteiger partial charge in [-0.1, -0.05) is 0 Å². The van der Waals surface area contributed by atoms with Crippen LogP contribution in [0.1, 0.15) is 18.4 Å². The molecule has 126 valence electrons. The summed E-state index contributed by atoms with van der Waals surface area (Å²) >= 11 is 0. The standard InChI is InChI=1S/C13H13F3N2O5/c14-13(15,16)8-5-9(18(21)22)7-11(6-8)23-10-1-3-17(4-2-10)12(19)20/h5-7,10H,1-4H2,(H,19,20). The van der Waals surface area contributed by atoms with E-state index in [1.165, 1.54) is 4.90 Å². The number of carbonyl (C=O) groups is 1. The number of piperidine rings is 1. The zero-order valence-electron chi connectivity index (χ0n) is 11.7. The first-order chi connectivity index (χ1) is 10.7. The molecule has 1 aliphatic rings. The van der Waals surface area contributed by atoms with Crippen LogP contribution in [0.4, 0.5) is 23.7 Å². The normalized spacial score (nSPS) is 16.2. The van der Waals surface area contributed by atoms with Crippen molar-refractivity contribution in [1.29, 1.82) is 0 Å². The highest BCUT2D eigenvalue weighted by Gasteiger charge is 2.33. The first-order valence-corrected chi connectivity index (χ1v) is 6.68. The minimum atomic E-state index is -4.73. The van der Waals surface area contributed by atoms with Crippen LogP contribution in [-0.2, 0) is 6.18 Å². The van der Waals surface area contributed by atoms with Gasteiger partial charge in [0.2, 0.25) is 0 Å². The summed E-state index contributed by atoms with van der Waals surface area (Å²) in [5.74, 6) is -0.250. The number of halogens is 3. The molecule has 0 aliphatic carbocycles. The number of rotatable bonds is 3. The van der Waals surface area contributed by atoms with Gasteiger partial charge in [0.15, 0.2) is 0 Å². The molecule has 2 rings (SSSR count). The Kier molecular flexibility index (Phi) is 4.62. The Bertz CT molecular complexity index is 612. The maximum atomic E-state index is 12.8. The average molecular weight is 334 g/mol. The number of hydrogen-bond acceptors (Lipinski definition) is 4. The third-order valence-corrected chi connectivity index (χ3v) is 3.44. The van der Waals surface area contributed by atoms with Crippen LogP contribution in [0.2, 0.25) is 0 Å². The molecule has 0 aromatic heterocycles. The Hall–Kier alpha value is -2.52. The molecule has 0 bridgehead atoms. The van der Waals surface area contributed by atoms with Crippen molar-refractivity contribution in [2.75, 3.05) is 13.1 Å². The minimum absolute atomic E-state index is 0.195. The van der Waals surface area contributed by atoms with Crippen molar-refractivity contribution < 1.29 is 32.7 Å². The molecule has 1 saturated heterocycles. The monoisotopic (exact) mass is 334 g/mol. The molecule has 1 heterocycles. The Balaban J connectivity index is 2.15. The topological polar surface area (TPSA) is 92.9 Å². The summed E-state index contributed by atoms with van der Waals surface area (Å²) in [5, 5.41) is 19.6. The molecule has 0 radical (unpaired) electrons. The van der Waals surface area contributed by atoms with Crippen LogP contribution in [0.3, 0.4) is 0 Å². The summed E-state index contributed by atoms with van der Waals surface area (Å²) in [6.45, 7) is 0.391. The second kappa shape index (κ2) is 6.31. The summed E-state index contributed by atoms with van der Waals surface area (Å²) < 4.78 is 43.7. The van der Waals surface area contributed by atoms with Crippen LogP contribution >= 0.6 is 0 Å². The first-order valence-electron chi connectivity index (χ1n) is 6.68. The lowest BCUT2D eigenvalue weighted by Crippen LogP contribution is -2.41. The smallest absolute Gasteiger partial charge is 0.416 e. The molecular weight excluding hydrogens is 321 g/mol. The zero-order chi connectivity index (χ0) is 17.2. The van der Waals surface area contributed by atoms with Gasteiger partial charge in [0, 0.05) is 32.0 Å². The summed E-state index contributed by atoms with van der Waals surface area (Å²) in [6, 6.07) is 2.08. The molecule has 1 aromatic rings. The number of non-ortho nitro benzene ring substituents is 1. The summed E-state index contributed by atoms with van der Waals surface area (Å²) in [7, 11) is 0. The van der Waals surface area contributed by atoms with Crippen LogP contribution in [-0.4, -0.2) is 40.2 Å². The van der Waals surface area contributed by atoms with Crippen LogP contribution in [0.25, 0.3) is 0 Å². The maximum Gasteiger partial charge on any atom is 0.416 e. The van der Waals surface area contributed by atoms with Crippen molar-refractivity contribution in [2.24, 2.45) is 0 Å². The molecule has 23 heavy (non-hydrogen) atoms. The Labute approximate surface area is 128 Å². The fourth-order valence-corrected chi connectivity index (χ4v) is 2.28. The van der Waals surface area contributed by atoms with E-state index in [0.717, 1.165) is 6.07 Å². The zero-order valence-corrected chi connectivity index (χ0v) is 11.7. The van der Waals surface area contributed by atoms with Gasteiger partial charge in [-0.2, -0.15) is 13.2 Å². The molecular formula is C13H13F3N2O5. The fourth-order valence-electron chi connectivity index (χ4n) is 2.28. The molecule has 1 N–H and O–H groups in total. The largest absolute Gasteiger partial charge is 0.490 e. The van der Waals surface area contributed by atoms with Crippen molar-refractivity contribution in [3.05, 3.63) is 33.9 Å². The quantitative estimate of drug-likeness (QED) is 0.677. The van der Waals surface area contributed by atoms with Gasteiger partial charge in [-0.05, 0) is 6.07 Å². The third kappa shape index (κ3) is 4.24. The van der Waals surface area contributed by atoms with Gasteiger partial charge >= 0.3 is 12.3 Å². The molecule has 0 atom stereocenters. The third-order valence-electron chi connectivity index (χ3n) is 3.44. The number of likely N-dealkylation sites (tertiary alicyclic amines) is 1. The molecule has 1 aliphatic heterocycles. The van der Waals surface area contributed by atoms with Crippen molar-refractivity contribution in [3.8, 4) is 5.75 Å². The predicted octanol–water partition coefficient (Wildman–Crippen LogP) is 3.13.